The van der Waals surface area contributed by atoms with E-state index in [1.807, 2.05) is 49.4 Å². The van der Waals surface area contributed by atoms with Crippen LogP contribution in [0.5, 0.6) is 5.75 Å². The van der Waals surface area contributed by atoms with E-state index in [2.05, 4.69) is 18.2 Å². The van der Waals surface area contributed by atoms with Gasteiger partial charge in [-0.15, -0.1) is 0 Å². The maximum Gasteiger partial charge on any atom is 0.130 e. The van der Waals surface area contributed by atoms with E-state index >= 15 is 0 Å². The highest BCUT2D eigenvalue weighted by Crippen LogP contribution is 2.49. The van der Waals surface area contributed by atoms with Crippen molar-refractivity contribution >= 4 is 16.5 Å². The van der Waals surface area contributed by atoms with Gasteiger partial charge in [-0.2, -0.15) is 0 Å². The molecule has 0 heterocycles. The lowest BCUT2D eigenvalue weighted by atomic mass is 9.73. The van der Waals surface area contributed by atoms with Gasteiger partial charge in [0.2, 0.25) is 0 Å². The van der Waals surface area contributed by atoms with E-state index in [9.17, 15) is 5.11 Å². The van der Waals surface area contributed by atoms with E-state index in [-0.39, 0.29) is 0 Å². The molecule has 0 spiro atoms. The van der Waals surface area contributed by atoms with Crippen LogP contribution in [0.2, 0.25) is 0 Å². The largest absolute Gasteiger partial charge is 0.496 e. The third kappa shape index (κ3) is 2.31. The van der Waals surface area contributed by atoms with Gasteiger partial charge in [-0.25, -0.2) is 0 Å². The average Bonchev–Trinajstić information content (AvgIpc) is 2.67. The molecule has 4 rings (SSSR count). The van der Waals surface area contributed by atoms with Crippen molar-refractivity contribution in [1.82, 2.24) is 0 Å². The number of fused-ring (bicyclic) bond motifs is 2. The zero-order valence-electron chi connectivity index (χ0n) is 15.2. The molecule has 3 aromatic rings. The maximum atomic E-state index is 12.0. The molecule has 1 aliphatic carbocycles. The molecule has 0 saturated heterocycles. The van der Waals surface area contributed by atoms with E-state index in [1.54, 1.807) is 14.2 Å². The predicted molar refractivity (Wildman–Crippen MR) is 104 cm³/mol. The first-order valence-corrected chi connectivity index (χ1v) is 8.72. The summed E-state index contributed by atoms with van der Waals surface area (Å²) in [6, 6.07) is 20.0. The molecule has 0 aliphatic heterocycles. The summed E-state index contributed by atoms with van der Waals surface area (Å²) in [5, 5.41) is 14.1. The monoisotopic (exact) mass is 346 g/mol. The molecular formula is C23H22O3. The molecule has 3 heteroatoms. The molecule has 0 saturated carbocycles. The van der Waals surface area contributed by atoms with Gasteiger partial charge < -0.3 is 14.6 Å². The minimum absolute atomic E-state index is 0.477. The first-order chi connectivity index (χ1) is 12.6. The Kier molecular flexibility index (Phi) is 3.97. The van der Waals surface area contributed by atoms with Crippen molar-refractivity contribution in [3.8, 4) is 5.75 Å². The summed E-state index contributed by atoms with van der Waals surface area (Å²) in [4.78, 5) is 0. The smallest absolute Gasteiger partial charge is 0.130 e. The Morgan fingerprint density at radius 3 is 2.31 bits per heavy atom. The SMILES string of the molecule is COC1=C(C)CC(O)(c2cccc3ccccc23)c2cccc(OC)c21. The number of aliphatic hydroxyl groups is 1. The Morgan fingerprint density at radius 1 is 0.846 bits per heavy atom. The molecule has 26 heavy (non-hydrogen) atoms. The van der Waals surface area contributed by atoms with E-state index in [0.29, 0.717) is 12.2 Å². The maximum absolute atomic E-state index is 12.0. The molecule has 0 fully saturated rings. The highest BCUT2D eigenvalue weighted by atomic mass is 16.5. The van der Waals surface area contributed by atoms with Crippen molar-refractivity contribution in [3.63, 3.8) is 0 Å². The molecule has 1 unspecified atom stereocenters. The van der Waals surface area contributed by atoms with Gasteiger partial charge in [0.05, 0.1) is 19.8 Å². The molecule has 1 N–H and O–H groups in total. The lowest BCUT2D eigenvalue weighted by Gasteiger charge is -2.37. The van der Waals surface area contributed by atoms with Crippen LogP contribution < -0.4 is 4.74 Å². The van der Waals surface area contributed by atoms with Gasteiger partial charge in [0.25, 0.3) is 0 Å². The molecule has 3 aromatic carbocycles. The summed E-state index contributed by atoms with van der Waals surface area (Å²) >= 11 is 0. The highest BCUT2D eigenvalue weighted by molar-refractivity contribution is 5.88. The van der Waals surface area contributed by atoms with Gasteiger partial charge in [0, 0.05) is 12.0 Å². The minimum atomic E-state index is -1.14. The number of benzene rings is 3. The minimum Gasteiger partial charge on any atom is -0.496 e. The third-order valence-corrected chi connectivity index (χ3v) is 5.27. The van der Waals surface area contributed by atoms with Crippen molar-refractivity contribution in [2.45, 2.75) is 18.9 Å². The fourth-order valence-corrected chi connectivity index (χ4v) is 4.16. The van der Waals surface area contributed by atoms with Gasteiger partial charge in [0.1, 0.15) is 17.1 Å². The Morgan fingerprint density at radius 2 is 1.54 bits per heavy atom. The fraction of sp³-hybridized carbons (Fsp3) is 0.217. The van der Waals surface area contributed by atoms with Crippen LogP contribution in [0.15, 0.2) is 66.2 Å². The Hall–Kier alpha value is -2.78. The molecular weight excluding hydrogens is 324 g/mol. The zero-order valence-corrected chi connectivity index (χ0v) is 15.2. The summed E-state index contributed by atoms with van der Waals surface area (Å²) < 4.78 is 11.3. The molecule has 1 atom stereocenters. The van der Waals surface area contributed by atoms with Crippen molar-refractivity contribution in [1.29, 1.82) is 0 Å². The highest BCUT2D eigenvalue weighted by Gasteiger charge is 2.41. The summed E-state index contributed by atoms with van der Waals surface area (Å²) in [6.45, 7) is 2.00. The van der Waals surface area contributed by atoms with Gasteiger partial charge in [0.15, 0.2) is 0 Å². The van der Waals surface area contributed by atoms with Gasteiger partial charge in [-0.3, -0.25) is 0 Å². The number of hydrogen-bond donors (Lipinski definition) is 1. The topological polar surface area (TPSA) is 38.7 Å². The Balaban J connectivity index is 2.06. The van der Waals surface area contributed by atoms with Crippen molar-refractivity contribution < 1.29 is 14.6 Å². The van der Waals surface area contributed by atoms with Crippen LogP contribution in [0.4, 0.5) is 0 Å². The fourth-order valence-electron chi connectivity index (χ4n) is 4.16. The summed E-state index contributed by atoms with van der Waals surface area (Å²) in [6.07, 6.45) is 0.477. The van der Waals surface area contributed by atoms with Gasteiger partial charge >= 0.3 is 0 Å². The molecule has 0 bridgehead atoms. The Labute approximate surface area is 153 Å². The second-order valence-corrected chi connectivity index (χ2v) is 6.76. The van der Waals surface area contributed by atoms with Crippen LogP contribution in [0, 0.1) is 0 Å². The van der Waals surface area contributed by atoms with E-state index in [4.69, 9.17) is 9.47 Å². The van der Waals surface area contributed by atoms with E-state index in [1.165, 1.54) is 0 Å². The summed E-state index contributed by atoms with van der Waals surface area (Å²) in [5.41, 5.74) is 2.41. The predicted octanol–water partition coefficient (Wildman–Crippen LogP) is 4.87. The average molecular weight is 346 g/mol. The van der Waals surface area contributed by atoms with Crippen LogP contribution in [0.3, 0.4) is 0 Å². The van der Waals surface area contributed by atoms with Crippen LogP contribution >= 0.6 is 0 Å². The van der Waals surface area contributed by atoms with Crippen LogP contribution in [-0.4, -0.2) is 19.3 Å². The van der Waals surface area contributed by atoms with Crippen LogP contribution in [-0.2, 0) is 10.3 Å². The van der Waals surface area contributed by atoms with Crippen LogP contribution in [0.25, 0.3) is 16.5 Å². The number of hydrogen-bond acceptors (Lipinski definition) is 3. The van der Waals surface area contributed by atoms with Crippen LogP contribution in [0.1, 0.15) is 30.0 Å². The summed E-state index contributed by atoms with van der Waals surface area (Å²) in [7, 11) is 3.31. The second-order valence-electron chi connectivity index (χ2n) is 6.76. The Bertz CT molecular complexity index is 1010. The lowest BCUT2D eigenvalue weighted by Crippen LogP contribution is -2.32. The lowest BCUT2D eigenvalue weighted by molar-refractivity contribution is 0.0784. The standard InChI is InChI=1S/C23H22O3/c1-15-14-23(24,18-11-6-9-16-8-4-5-10-17(16)18)19-12-7-13-20(25-2)21(19)22(15)26-3/h4-13,24H,14H2,1-3H3. The first kappa shape index (κ1) is 16.7. The molecule has 3 nitrogen and oxygen atoms in total. The molecule has 0 amide bonds. The van der Waals surface area contributed by atoms with Crippen molar-refractivity contribution in [2.75, 3.05) is 14.2 Å². The normalized spacial score (nSPS) is 19.4. The number of methoxy groups -OCH3 is 2. The number of rotatable bonds is 3. The zero-order chi connectivity index (χ0) is 18.3. The molecule has 132 valence electrons. The molecule has 0 aromatic heterocycles. The van der Waals surface area contributed by atoms with Crippen molar-refractivity contribution in [3.05, 3.63) is 82.9 Å². The van der Waals surface area contributed by atoms with Crippen molar-refractivity contribution in [2.24, 2.45) is 0 Å². The number of ether oxygens (including phenoxy) is 2. The van der Waals surface area contributed by atoms with Gasteiger partial charge in [-0.1, -0.05) is 54.6 Å². The third-order valence-electron chi connectivity index (χ3n) is 5.27. The summed E-state index contributed by atoms with van der Waals surface area (Å²) in [5.74, 6) is 1.49. The quantitative estimate of drug-likeness (QED) is 0.736. The second kappa shape index (κ2) is 6.19. The first-order valence-electron chi connectivity index (χ1n) is 8.72. The van der Waals surface area contributed by atoms with E-state index < -0.39 is 5.60 Å². The van der Waals surface area contributed by atoms with Gasteiger partial charge in [-0.05, 0) is 34.9 Å². The van der Waals surface area contributed by atoms with E-state index in [0.717, 1.165) is 38.8 Å². The molecule has 0 radical (unpaired) electrons. The molecule has 1 aliphatic rings.